The topological polar surface area (TPSA) is 98.2 Å². The number of hydrogen-bond donors (Lipinski definition) is 2. The van der Waals surface area contributed by atoms with Crippen molar-refractivity contribution >= 4 is 29.3 Å². The maximum atomic E-state index is 12.6. The van der Waals surface area contributed by atoms with Gasteiger partial charge in [0, 0.05) is 29.1 Å². The number of hydrogen-bond acceptors (Lipinski definition) is 5. The van der Waals surface area contributed by atoms with E-state index in [9.17, 15) is 24.6 Å². The van der Waals surface area contributed by atoms with Crippen LogP contribution in [-0.2, 0) is 22.7 Å². The lowest BCUT2D eigenvalue weighted by Gasteiger charge is -2.34. The minimum Gasteiger partial charge on any atom is -0.392 e. The summed E-state index contributed by atoms with van der Waals surface area (Å²) in [6, 6.07) is 2.35. The molecule has 7 nitrogen and oxygen atoms in total. The molecular weight excluding hydrogens is 324 g/mol. The molecule has 0 bridgehead atoms. The zero-order valence-electron chi connectivity index (χ0n) is 12.2. The van der Waals surface area contributed by atoms with Crippen molar-refractivity contribution in [2.75, 3.05) is 6.73 Å². The molecule has 0 radical (unpaired) electrons. The summed E-state index contributed by atoms with van der Waals surface area (Å²) in [7, 11) is 0. The van der Waals surface area contributed by atoms with Gasteiger partial charge in [0.1, 0.15) is 12.8 Å². The van der Waals surface area contributed by atoms with Gasteiger partial charge in [-0.3, -0.25) is 19.3 Å². The van der Waals surface area contributed by atoms with Gasteiger partial charge < -0.3 is 15.1 Å². The van der Waals surface area contributed by atoms with E-state index in [-0.39, 0.29) is 31.9 Å². The lowest BCUT2D eigenvalue weighted by molar-refractivity contribution is -0.156. The Bertz CT molecular complexity index is 705. The summed E-state index contributed by atoms with van der Waals surface area (Å²) in [5.41, 5.74) is 1.49. The van der Waals surface area contributed by atoms with Crippen molar-refractivity contribution in [1.29, 1.82) is 0 Å². The van der Waals surface area contributed by atoms with E-state index >= 15 is 0 Å². The smallest absolute Gasteiger partial charge is 0.255 e. The number of carbonyl (C=O) groups is 3. The summed E-state index contributed by atoms with van der Waals surface area (Å²) >= 11 is 6.16. The van der Waals surface area contributed by atoms with E-state index in [1.54, 1.807) is 12.1 Å². The molecule has 1 unspecified atom stereocenters. The van der Waals surface area contributed by atoms with Gasteiger partial charge in [-0.1, -0.05) is 11.6 Å². The summed E-state index contributed by atoms with van der Waals surface area (Å²) in [5.74, 6) is -1.38. The quantitative estimate of drug-likeness (QED) is 0.770. The van der Waals surface area contributed by atoms with E-state index in [4.69, 9.17) is 11.6 Å². The Morgan fingerprint density at radius 3 is 2.61 bits per heavy atom. The first-order valence-corrected chi connectivity index (χ1v) is 7.54. The summed E-state index contributed by atoms with van der Waals surface area (Å²) < 4.78 is 0. The van der Waals surface area contributed by atoms with E-state index in [1.165, 1.54) is 4.90 Å². The zero-order valence-corrected chi connectivity index (χ0v) is 12.9. The Kier molecular flexibility index (Phi) is 4.09. The van der Waals surface area contributed by atoms with Crippen molar-refractivity contribution in [2.24, 2.45) is 0 Å². The van der Waals surface area contributed by atoms with Gasteiger partial charge in [-0.25, -0.2) is 0 Å². The van der Waals surface area contributed by atoms with Gasteiger partial charge in [-0.2, -0.15) is 0 Å². The number of imide groups is 1. The standard InChI is InChI=1S/C15H15ClN2O5/c16-11-4-8(6-19)3-9-10(11)5-17(14(9)22)12-1-2-13(21)18(7-20)15(12)23/h3-4,12,19-20H,1-2,5-7H2. The van der Waals surface area contributed by atoms with Gasteiger partial charge in [0.05, 0.1) is 6.61 Å². The molecule has 1 saturated heterocycles. The highest BCUT2D eigenvalue weighted by Crippen LogP contribution is 2.34. The van der Waals surface area contributed by atoms with Crippen molar-refractivity contribution in [3.8, 4) is 0 Å². The molecule has 1 atom stereocenters. The molecule has 3 rings (SSSR count). The summed E-state index contributed by atoms with van der Waals surface area (Å²) in [6.45, 7) is -0.767. The first-order valence-electron chi connectivity index (χ1n) is 7.16. The Hall–Kier alpha value is -1.96. The number of carbonyl (C=O) groups excluding carboxylic acids is 3. The van der Waals surface area contributed by atoms with Crippen molar-refractivity contribution in [3.05, 3.63) is 33.8 Å². The molecule has 2 heterocycles. The predicted molar refractivity (Wildman–Crippen MR) is 79.2 cm³/mol. The number of halogens is 1. The third kappa shape index (κ3) is 2.50. The molecule has 1 fully saturated rings. The second kappa shape index (κ2) is 5.92. The van der Waals surface area contributed by atoms with Gasteiger partial charge in [0.25, 0.3) is 11.8 Å². The number of benzene rings is 1. The Balaban J connectivity index is 1.92. The Morgan fingerprint density at radius 2 is 1.96 bits per heavy atom. The van der Waals surface area contributed by atoms with Crippen LogP contribution in [0.3, 0.4) is 0 Å². The number of aliphatic hydroxyl groups excluding tert-OH is 2. The van der Waals surface area contributed by atoms with Crippen LogP contribution in [0.5, 0.6) is 0 Å². The van der Waals surface area contributed by atoms with Crippen LogP contribution in [0.15, 0.2) is 12.1 Å². The number of nitrogens with zero attached hydrogens (tertiary/aromatic N) is 2. The van der Waals surface area contributed by atoms with Crippen LogP contribution in [0, 0.1) is 0 Å². The van der Waals surface area contributed by atoms with Gasteiger partial charge in [-0.05, 0) is 24.1 Å². The molecule has 8 heteroatoms. The fourth-order valence-corrected chi connectivity index (χ4v) is 3.34. The van der Waals surface area contributed by atoms with E-state index < -0.39 is 24.6 Å². The molecule has 1 aromatic rings. The third-order valence-electron chi connectivity index (χ3n) is 4.26. The second-order valence-electron chi connectivity index (χ2n) is 5.55. The molecule has 2 aliphatic heterocycles. The zero-order chi connectivity index (χ0) is 16.7. The summed E-state index contributed by atoms with van der Waals surface area (Å²) in [5, 5.41) is 18.8. The fourth-order valence-electron chi connectivity index (χ4n) is 3.04. The van der Waals surface area contributed by atoms with Crippen molar-refractivity contribution < 1.29 is 24.6 Å². The number of amides is 3. The molecule has 0 spiro atoms. The normalized spacial score (nSPS) is 21.2. The van der Waals surface area contributed by atoms with Crippen molar-refractivity contribution in [3.63, 3.8) is 0 Å². The van der Waals surface area contributed by atoms with Crippen LogP contribution in [0.2, 0.25) is 5.02 Å². The Morgan fingerprint density at radius 1 is 1.22 bits per heavy atom. The van der Waals surface area contributed by atoms with Gasteiger partial charge >= 0.3 is 0 Å². The molecule has 1 aromatic carbocycles. The second-order valence-corrected chi connectivity index (χ2v) is 5.96. The minimum atomic E-state index is -0.798. The average molecular weight is 339 g/mol. The van der Waals surface area contributed by atoms with Crippen molar-refractivity contribution in [1.82, 2.24) is 9.80 Å². The van der Waals surface area contributed by atoms with Gasteiger partial charge in [0.2, 0.25) is 5.91 Å². The third-order valence-corrected chi connectivity index (χ3v) is 4.60. The van der Waals surface area contributed by atoms with E-state index in [1.807, 2.05) is 0 Å². The number of aliphatic hydroxyl groups is 2. The number of rotatable bonds is 3. The van der Waals surface area contributed by atoms with Crippen LogP contribution < -0.4 is 0 Å². The number of likely N-dealkylation sites (tertiary alicyclic amines) is 1. The predicted octanol–water partition coefficient (Wildman–Crippen LogP) is 0.256. The summed E-state index contributed by atoms with van der Waals surface area (Å²) in [6.07, 6.45) is 0.311. The van der Waals surface area contributed by atoms with E-state index in [0.717, 1.165) is 4.90 Å². The number of piperidine rings is 1. The molecular formula is C15H15ClN2O5. The molecule has 3 amide bonds. The van der Waals surface area contributed by atoms with Crippen molar-refractivity contribution in [2.45, 2.75) is 32.0 Å². The van der Waals surface area contributed by atoms with Crippen LogP contribution in [0.1, 0.15) is 34.3 Å². The molecule has 0 aromatic heterocycles. The van der Waals surface area contributed by atoms with E-state index in [0.29, 0.717) is 21.7 Å². The number of fused-ring (bicyclic) bond motifs is 1. The van der Waals surface area contributed by atoms with E-state index in [2.05, 4.69) is 0 Å². The van der Waals surface area contributed by atoms with Gasteiger partial charge in [-0.15, -0.1) is 0 Å². The lowest BCUT2D eigenvalue weighted by atomic mass is 10.0. The first-order chi connectivity index (χ1) is 11.0. The summed E-state index contributed by atoms with van der Waals surface area (Å²) in [4.78, 5) is 38.7. The SMILES string of the molecule is O=C1CCC(N2Cc3c(Cl)cc(CO)cc3C2=O)C(=O)N1CO. The largest absolute Gasteiger partial charge is 0.392 e. The van der Waals surface area contributed by atoms with Crippen LogP contribution in [0.25, 0.3) is 0 Å². The minimum absolute atomic E-state index is 0.0900. The highest BCUT2D eigenvalue weighted by atomic mass is 35.5. The molecule has 23 heavy (non-hydrogen) atoms. The molecule has 0 aliphatic carbocycles. The fraction of sp³-hybridized carbons (Fsp3) is 0.400. The average Bonchev–Trinajstić information content (AvgIpc) is 2.86. The van der Waals surface area contributed by atoms with Crippen LogP contribution >= 0.6 is 11.6 Å². The molecule has 2 aliphatic rings. The monoisotopic (exact) mass is 338 g/mol. The van der Waals surface area contributed by atoms with Crippen LogP contribution in [0.4, 0.5) is 0 Å². The van der Waals surface area contributed by atoms with Gasteiger partial charge in [0.15, 0.2) is 0 Å². The maximum absolute atomic E-state index is 12.6. The highest BCUT2D eigenvalue weighted by molar-refractivity contribution is 6.32. The molecule has 122 valence electrons. The Labute approximate surface area is 137 Å². The lowest BCUT2D eigenvalue weighted by Crippen LogP contribution is -2.54. The highest BCUT2D eigenvalue weighted by Gasteiger charge is 2.43. The van der Waals surface area contributed by atoms with Crippen LogP contribution in [-0.4, -0.2) is 50.5 Å². The maximum Gasteiger partial charge on any atom is 0.255 e. The molecule has 2 N–H and O–H groups in total. The molecule has 0 saturated carbocycles. The first kappa shape index (κ1) is 15.9.